The summed E-state index contributed by atoms with van der Waals surface area (Å²) in [5.41, 5.74) is 18.1. The molecule has 5 nitrogen and oxygen atoms in total. The largest absolute Gasteiger partial charge is 0.396 e. The average Bonchev–Trinajstić information content (AvgIpc) is 3.28. The van der Waals surface area contributed by atoms with E-state index in [2.05, 4.69) is 126 Å². The number of nitrogens with two attached hydrogens (primary N) is 1. The van der Waals surface area contributed by atoms with Crippen molar-refractivity contribution in [2.45, 2.75) is 6.54 Å². The van der Waals surface area contributed by atoms with Gasteiger partial charge in [-0.05, 0) is 57.5 Å². The number of rotatable bonds is 10. The van der Waals surface area contributed by atoms with Crippen LogP contribution in [0.15, 0.2) is 205 Å². The average molecular weight is 734 g/mol. The van der Waals surface area contributed by atoms with Gasteiger partial charge in [-0.3, -0.25) is 9.98 Å². The van der Waals surface area contributed by atoms with Crippen molar-refractivity contribution in [2.24, 2.45) is 4.99 Å². The Morgan fingerprint density at radius 1 is 0.579 bits per heavy atom. The maximum absolute atomic E-state index is 8.81. The van der Waals surface area contributed by atoms with Gasteiger partial charge in [-0.2, -0.15) is 0 Å². The summed E-state index contributed by atoms with van der Waals surface area (Å²) in [6, 6.07) is 64.4. The number of nitrogen functional groups attached to an aromatic ring is 1. The van der Waals surface area contributed by atoms with Gasteiger partial charge in [-0.25, -0.2) is 0 Å². The van der Waals surface area contributed by atoms with Gasteiger partial charge in [0, 0.05) is 51.8 Å². The summed E-state index contributed by atoms with van der Waals surface area (Å²) in [6.07, 6.45) is 5.52. The van der Waals surface area contributed by atoms with Gasteiger partial charge in [0.05, 0.1) is 28.3 Å². The number of allylic oxidation sites excluding steroid dienone is 1. The number of nitrogens with one attached hydrogen (secondary N) is 1. The number of fused-ring (bicyclic) bond motifs is 4. The zero-order valence-electron chi connectivity index (χ0n) is 31.3. The molecule has 0 saturated carbocycles. The highest BCUT2D eigenvalue weighted by molar-refractivity contribution is 6.19. The number of benzene rings is 8. The molecule has 272 valence electrons. The van der Waals surface area contributed by atoms with E-state index in [9.17, 15) is 0 Å². The zero-order valence-corrected chi connectivity index (χ0v) is 31.3. The lowest BCUT2D eigenvalue weighted by molar-refractivity contribution is 0.988. The highest BCUT2D eigenvalue weighted by atomic mass is 15.1. The Bertz CT molecular complexity index is 2930. The molecule has 9 aromatic rings. The molecule has 57 heavy (non-hydrogen) atoms. The monoisotopic (exact) mass is 733 g/mol. The number of hydrogen-bond donors (Lipinski definition) is 2. The Balaban J connectivity index is 1.06. The highest BCUT2D eigenvalue weighted by Crippen LogP contribution is 2.45. The van der Waals surface area contributed by atoms with Crippen LogP contribution < -0.4 is 10.6 Å². The molecule has 0 fully saturated rings. The Kier molecular flexibility index (Phi) is 9.61. The van der Waals surface area contributed by atoms with Gasteiger partial charge >= 0.3 is 0 Å². The van der Waals surface area contributed by atoms with Crippen molar-refractivity contribution in [1.29, 1.82) is 5.41 Å². The van der Waals surface area contributed by atoms with E-state index in [0.717, 1.165) is 77.5 Å². The number of pyridine rings is 1. The van der Waals surface area contributed by atoms with E-state index < -0.39 is 0 Å². The predicted octanol–water partition coefficient (Wildman–Crippen LogP) is 12.7. The van der Waals surface area contributed by atoms with Crippen molar-refractivity contribution in [3.8, 4) is 11.1 Å². The van der Waals surface area contributed by atoms with Gasteiger partial charge in [-0.15, -0.1) is 0 Å². The van der Waals surface area contributed by atoms with Crippen LogP contribution in [0.5, 0.6) is 0 Å². The highest BCUT2D eigenvalue weighted by Gasteiger charge is 2.22. The van der Waals surface area contributed by atoms with Gasteiger partial charge < -0.3 is 16.0 Å². The van der Waals surface area contributed by atoms with Crippen LogP contribution >= 0.6 is 0 Å². The first-order chi connectivity index (χ1) is 28.1. The Morgan fingerprint density at radius 3 is 1.95 bits per heavy atom. The molecule has 5 heteroatoms. The van der Waals surface area contributed by atoms with Crippen LogP contribution in [-0.4, -0.2) is 16.9 Å². The Hall–Kier alpha value is -7.63. The van der Waals surface area contributed by atoms with E-state index in [4.69, 9.17) is 21.1 Å². The Morgan fingerprint density at radius 2 is 1.19 bits per heavy atom. The SMILES string of the molecule is N=C(/C=C(\N=Cc1ccccc1)c1ccc(-c2ccc(CN(c3cccc4ccccc34)c3c(N)c4cccnc4c4ccccc34)cc2)cc1)c1ccccc1. The van der Waals surface area contributed by atoms with Crippen LogP contribution in [0.4, 0.5) is 17.1 Å². The molecule has 0 aliphatic rings. The summed E-state index contributed by atoms with van der Waals surface area (Å²) in [6.45, 7) is 0.605. The van der Waals surface area contributed by atoms with Gasteiger partial charge in [0.25, 0.3) is 0 Å². The summed E-state index contributed by atoms with van der Waals surface area (Å²) >= 11 is 0. The molecule has 0 radical (unpaired) electrons. The summed E-state index contributed by atoms with van der Waals surface area (Å²) in [5.74, 6) is 0. The quantitative estimate of drug-likeness (QED) is 0.0636. The number of nitrogens with zero attached hydrogens (tertiary/aromatic N) is 3. The lowest BCUT2D eigenvalue weighted by Crippen LogP contribution is -2.19. The number of aromatic nitrogens is 1. The minimum absolute atomic E-state index is 0.406. The van der Waals surface area contributed by atoms with E-state index in [1.54, 1.807) is 0 Å². The van der Waals surface area contributed by atoms with Crippen LogP contribution in [0.25, 0.3) is 49.3 Å². The maximum Gasteiger partial charge on any atom is 0.0802 e. The molecule has 0 bridgehead atoms. The van der Waals surface area contributed by atoms with Crippen molar-refractivity contribution in [3.63, 3.8) is 0 Å². The van der Waals surface area contributed by atoms with Crippen molar-refractivity contribution < 1.29 is 0 Å². The topological polar surface area (TPSA) is 78.4 Å². The van der Waals surface area contributed by atoms with E-state index >= 15 is 0 Å². The molecule has 0 aliphatic heterocycles. The third-order valence-electron chi connectivity index (χ3n) is 10.4. The molecule has 0 amide bonds. The second-order valence-electron chi connectivity index (χ2n) is 14.0. The molecule has 0 atom stereocenters. The van der Waals surface area contributed by atoms with E-state index in [-0.39, 0.29) is 0 Å². The van der Waals surface area contributed by atoms with Crippen LogP contribution in [0.2, 0.25) is 0 Å². The molecule has 0 spiro atoms. The summed E-state index contributed by atoms with van der Waals surface area (Å²) in [4.78, 5) is 12.0. The molecule has 8 aromatic carbocycles. The van der Waals surface area contributed by atoms with Gasteiger partial charge in [0.15, 0.2) is 0 Å². The van der Waals surface area contributed by atoms with E-state index in [0.29, 0.717) is 17.9 Å². The molecule has 0 unspecified atom stereocenters. The van der Waals surface area contributed by atoms with Gasteiger partial charge in [0.2, 0.25) is 0 Å². The van der Waals surface area contributed by atoms with Gasteiger partial charge in [-0.1, -0.05) is 170 Å². The zero-order chi connectivity index (χ0) is 38.6. The van der Waals surface area contributed by atoms with Crippen molar-refractivity contribution >= 4 is 67.1 Å². The molecule has 9 rings (SSSR count). The Labute approximate surface area is 332 Å². The fraction of sp³-hybridized carbons (Fsp3) is 0.0192. The number of hydrogen-bond acceptors (Lipinski definition) is 5. The summed E-state index contributed by atoms with van der Waals surface area (Å²) in [5, 5.41) is 14.2. The van der Waals surface area contributed by atoms with Crippen molar-refractivity contribution in [3.05, 3.63) is 223 Å². The van der Waals surface area contributed by atoms with Gasteiger partial charge in [0.1, 0.15) is 0 Å². The number of anilines is 3. The normalized spacial score (nSPS) is 11.8. The lowest BCUT2D eigenvalue weighted by Gasteiger charge is -2.30. The molecule has 0 aliphatic carbocycles. The van der Waals surface area contributed by atoms with Crippen LogP contribution in [0, 0.1) is 5.41 Å². The molecule has 1 aromatic heterocycles. The minimum atomic E-state index is 0.406. The molecular weight excluding hydrogens is 695 g/mol. The molecular formula is C52H39N5. The lowest BCUT2D eigenvalue weighted by atomic mass is 9.98. The van der Waals surface area contributed by atoms with Crippen LogP contribution in [-0.2, 0) is 6.54 Å². The maximum atomic E-state index is 8.81. The van der Waals surface area contributed by atoms with Crippen molar-refractivity contribution in [1.82, 2.24) is 4.98 Å². The fourth-order valence-electron chi connectivity index (χ4n) is 7.56. The van der Waals surface area contributed by atoms with E-state index in [1.807, 2.05) is 85.2 Å². The third kappa shape index (κ3) is 7.18. The van der Waals surface area contributed by atoms with Crippen LogP contribution in [0.1, 0.15) is 22.3 Å². The smallest absolute Gasteiger partial charge is 0.0802 e. The summed E-state index contributed by atoms with van der Waals surface area (Å²) < 4.78 is 0. The number of aliphatic imine (C=N–C) groups is 1. The molecule has 3 N–H and O–H groups in total. The fourth-order valence-corrected chi connectivity index (χ4v) is 7.56. The third-order valence-corrected chi connectivity index (χ3v) is 10.4. The van der Waals surface area contributed by atoms with E-state index in [1.165, 1.54) is 5.39 Å². The van der Waals surface area contributed by atoms with Crippen LogP contribution in [0.3, 0.4) is 0 Å². The second-order valence-corrected chi connectivity index (χ2v) is 14.0. The first-order valence-electron chi connectivity index (χ1n) is 19.1. The predicted molar refractivity (Wildman–Crippen MR) is 241 cm³/mol. The minimum Gasteiger partial charge on any atom is -0.396 e. The van der Waals surface area contributed by atoms with Crippen molar-refractivity contribution in [2.75, 3.05) is 10.6 Å². The molecule has 0 saturated heterocycles. The second kappa shape index (κ2) is 15.6. The molecule has 1 heterocycles. The summed E-state index contributed by atoms with van der Waals surface area (Å²) in [7, 11) is 0. The first-order valence-corrected chi connectivity index (χ1v) is 19.1. The first kappa shape index (κ1) is 35.1. The standard InChI is InChI=1S/C52H39N5/c53-47(41-16-5-2-6-17-41)33-48(56-34-36-13-3-1-4-14-36)42-30-28-39(29-31-42)38-26-24-37(25-27-38)35-57(49-23-11-18-40-15-7-8-19-43(40)49)52-45-21-10-9-20-44(45)51-46(50(52)54)22-12-32-55-51/h1-34,53H,35,54H2/b48-33-,53-47?,56-34?.